The van der Waals surface area contributed by atoms with Crippen LogP contribution in [0.1, 0.15) is 36.6 Å². The molecule has 1 aromatic heterocycles. The molecule has 3 rings (SSSR count). The van der Waals surface area contributed by atoms with Gasteiger partial charge in [-0.3, -0.25) is 4.79 Å². The summed E-state index contributed by atoms with van der Waals surface area (Å²) in [6.07, 6.45) is 2.39. The van der Waals surface area contributed by atoms with Gasteiger partial charge >= 0.3 is 0 Å². The Morgan fingerprint density at radius 3 is 2.63 bits per heavy atom. The molecular formula is C21H28N4O2. The Hall–Kier alpha value is -2.63. The molecule has 0 spiro atoms. The number of rotatable bonds is 5. The number of nitrogens with zero attached hydrogens (tertiary/aromatic N) is 3. The van der Waals surface area contributed by atoms with E-state index in [1.807, 2.05) is 32.9 Å². The molecule has 0 saturated carbocycles. The van der Waals surface area contributed by atoms with E-state index in [-0.39, 0.29) is 12.5 Å². The summed E-state index contributed by atoms with van der Waals surface area (Å²) in [5.74, 6) is 1.55. The maximum absolute atomic E-state index is 12.2. The molecule has 144 valence electrons. The van der Waals surface area contributed by atoms with Crippen molar-refractivity contribution >= 4 is 17.5 Å². The molecule has 0 aliphatic carbocycles. The average Bonchev–Trinajstić information content (AvgIpc) is 2.58. The lowest BCUT2D eigenvalue weighted by Crippen LogP contribution is -2.35. The number of carbonyl (C=O) groups is 1. The van der Waals surface area contributed by atoms with Gasteiger partial charge in [0.15, 0.2) is 6.61 Å². The van der Waals surface area contributed by atoms with Crippen molar-refractivity contribution < 1.29 is 9.53 Å². The molecule has 1 fully saturated rings. The van der Waals surface area contributed by atoms with E-state index in [4.69, 9.17) is 4.74 Å². The van der Waals surface area contributed by atoms with Crippen LogP contribution in [-0.4, -0.2) is 35.6 Å². The molecule has 0 bridgehead atoms. The highest BCUT2D eigenvalue weighted by Gasteiger charge is 2.19. The van der Waals surface area contributed by atoms with Gasteiger partial charge in [0.05, 0.1) is 0 Å². The van der Waals surface area contributed by atoms with Crippen LogP contribution in [0.4, 0.5) is 11.6 Å². The predicted octanol–water partition coefficient (Wildman–Crippen LogP) is 3.66. The molecule has 27 heavy (non-hydrogen) atoms. The van der Waals surface area contributed by atoms with Crippen LogP contribution >= 0.6 is 0 Å². The summed E-state index contributed by atoms with van der Waals surface area (Å²) in [5.41, 5.74) is 3.84. The molecule has 1 N–H and O–H groups in total. The van der Waals surface area contributed by atoms with E-state index in [9.17, 15) is 4.79 Å². The largest absolute Gasteiger partial charge is 0.467 e. The number of amides is 1. The number of hydrogen-bond acceptors (Lipinski definition) is 5. The van der Waals surface area contributed by atoms with Crippen LogP contribution in [0.3, 0.4) is 0 Å². The molecule has 6 heteroatoms. The molecule has 1 unspecified atom stereocenters. The summed E-state index contributed by atoms with van der Waals surface area (Å²) >= 11 is 0. The lowest BCUT2D eigenvalue weighted by molar-refractivity contribution is -0.118. The molecule has 1 aliphatic heterocycles. The number of ether oxygens (including phenoxy) is 1. The Kier molecular flexibility index (Phi) is 5.94. The minimum atomic E-state index is -0.204. The van der Waals surface area contributed by atoms with E-state index in [1.54, 1.807) is 6.07 Å². The van der Waals surface area contributed by atoms with Gasteiger partial charge in [0.1, 0.15) is 0 Å². The van der Waals surface area contributed by atoms with E-state index >= 15 is 0 Å². The summed E-state index contributed by atoms with van der Waals surface area (Å²) in [5, 5.41) is 2.87. The first-order valence-electron chi connectivity index (χ1n) is 9.50. The highest BCUT2D eigenvalue weighted by molar-refractivity contribution is 5.92. The number of nitrogens with one attached hydrogen (secondary N) is 1. The normalized spacial score (nSPS) is 16.9. The minimum absolute atomic E-state index is 0.0840. The number of piperidine rings is 1. The van der Waals surface area contributed by atoms with Crippen molar-refractivity contribution in [3.63, 3.8) is 0 Å². The third-order valence-electron chi connectivity index (χ3n) is 4.62. The van der Waals surface area contributed by atoms with Gasteiger partial charge in [-0.05, 0) is 62.8 Å². The predicted molar refractivity (Wildman–Crippen MR) is 107 cm³/mol. The highest BCUT2D eigenvalue weighted by Crippen LogP contribution is 2.22. The topological polar surface area (TPSA) is 67.3 Å². The molecule has 1 saturated heterocycles. The molecule has 2 aromatic rings. The smallest absolute Gasteiger partial charge is 0.262 e. The summed E-state index contributed by atoms with van der Waals surface area (Å²) < 4.78 is 5.65. The number of aryl methyl sites for hydroxylation is 3. The van der Waals surface area contributed by atoms with Crippen LogP contribution in [0.5, 0.6) is 5.88 Å². The fourth-order valence-electron chi connectivity index (χ4n) is 3.49. The third kappa shape index (κ3) is 5.42. The van der Waals surface area contributed by atoms with Crippen LogP contribution in [-0.2, 0) is 4.79 Å². The molecule has 2 heterocycles. The molecule has 6 nitrogen and oxygen atoms in total. The van der Waals surface area contributed by atoms with Crippen LogP contribution in [0.15, 0.2) is 24.3 Å². The van der Waals surface area contributed by atoms with Crippen molar-refractivity contribution in [1.82, 2.24) is 9.97 Å². The molecule has 0 radical (unpaired) electrons. The van der Waals surface area contributed by atoms with Crippen LogP contribution in [0.25, 0.3) is 0 Å². The van der Waals surface area contributed by atoms with Gasteiger partial charge < -0.3 is 15.0 Å². The Balaban J connectivity index is 1.62. The Bertz CT molecular complexity index is 802. The zero-order valence-corrected chi connectivity index (χ0v) is 16.6. The number of benzene rings is 1. The van der Waals surface area contributed by atoms with Crippen molar-refractivity contribution in [1.29, 1.82) is 0 Å². The summed E-state index contributed by atoms with van der Waals surface area (Å²) in [6.45, 7) is 10.0. The number of carbonyl (C=O) groups excluding carboxylic acids is 1. The maximum Gasteiger partial charge on any atom is 0.262 e. The van der Waals surface area contributed by atoms with E-state index < -0.39 is 0 Å². The van der Waals surface area contributed by atoms with Crippen LogP contribution in [0, 0.1) is 26.7 Å². The summed E-state index contributed by atoms with van der Waals surface area (Å²) in [4.78, 5) is 23.5. The summed E-state index contributed by atoms with van der Waals surface area (Å²) in [6, 6.07) is 7.71. The zero-order chi connectivity index (χ0) is 19.4. The van der Waals surface area contributed by atoms with Crippen molar-refractivity contribution in [3.8, 4) is 5.88 Å². The second kappa shape index (κ2) is 8.37. The van der Waals surface area contributed by atoms with Gasteiger partial charge in [-0.15, -0.1) is 0 Å². The zero-order valence-electron chi connectivity index (χ0n) is 16.6. The van der Waals surface area contributed by atoms with E-state index in [2.05, 4.69) is 33.2 Å². The van der Waals surface area contributed by atoms with Gasteiger partial charge in [-0.2, -0.15) is 4.98 Å². The fraction of sp³-hybridized carbons (Fsp3) is 0.476. The van der Waals surface area contributed by atoms with Crippen molar-refractivity contribution in [2.45, 2.75) is 40.5 Å². The van der Waals surface area contributed by atoms with Gasteiger partial charge in [0, 0.05) is 30.5 Å². The van der Waals surface area contributed by atoms with Crippen molar-refractivity contribution in [3.05, 3.63) is 41.1 Å². The summed E-state index contributed by atoms with van der Waals surface area (Å²) in [7, 11) is 0. The van der Waals surface area contributed by atoms with Gasteiger partial charge in [0.25, 0.3) is 5.91 Å². The standard InChI is InChI=1S/C21H28N4O2/c1-14-6-5-7-25(12-14)21-22-17(4)11-20(24-21)27-13-19(26)23-18-9-15(2)8-16(3)10-18/h8-11,14H,5-7,12-13H2,1-4H3,(H,23,26). The second-order valence-corrected chi connectivity index (χ2v) is 7.55. The average molecular weight is 368 g/mol. The molecular weight excluding hydrogens is 340 g/mol. The lowest BCUT2D eigenvalue weighted by atomic mass is 10.0. The number of anilines is 2. The quantitative estimate of drug-likeness (QED) is 0.872. The Morgan fingerprint density at radius 1 is 1.19 bits per heavy atom. The first kappa shape index (κ1) is 19.1. The van der Waals surface area contributed by atoms with E-state index in [1.165, 1.54) is 6.42 Å². The van der Waals surface area contributed by atoms with Gasteiger partial charge in [0.2, 0.25) is 11.8 Å². The molecule has 1 atom stereocenters. The SMILES string of the molecule is Cc1cc(C)cc(NC(=O)COc2cc(C)nc(N3CCCC(C)C3)n2)c1. The first-order chi connectivity index (χ1) is 12.9. The maximum atomic E-state index is 12.2. The minimum Gasteiger partial charge on any atom is -0.467 e. The molecule has 1 aromatic carbocycles. The lowest BCUT2D eigenvalue weighted by Gasteiger charge is -2.31. The van der Waals surface area contributed by atoms with Crippen molar-refractivity contribution in [2.75, 3.05) is 29.9 Å². The molecule has 1 amide bonds. The van der Waals surface area contributed by atoms with Crippen LogP contribution in [0.2, 0.25) is 0 Å². The van der Waals surface area contributed by atoms with Gasteiger partial charge in [-0.1, -0.05) is 13.0 Å². The fourth-order valence-corrected chi connectivity index (χ4v) is 3.49. The monoisotopic (exact) mass is 368 g/mol. The number of hydrogen-bond donors (Lipinski definition) is 1. The highest BCUT2D eigenvalue weighted by atomic mass is 16.5. The second-order valence-electron chi connectivity index (χ2n) is 7.55. The Morgan fingerprint density at radius 2 is 1.93 bits per heavy atom. The number of aromatic nitrogens is 2. The molecule has 1 aliphatic rings. The van der Waals surface area contributed by atoms with Crippen LogP contribution < -0.4 is 15.0 Å². The Labute approximate surface area is 161 Å². The van der Waals surface area contributed by atoms with Gasteiger partial charge in [-0.25, -0.2) is 4.98 Å². The van der Waals surface area contributed by atoms with Crippen molar-refractivity contribution in [2.24, 2.45) is 5.92 Å². The first-order valence-corrected chi connectivity index (χ1v) is 9.50. The van der Waals surface area contributed by atoms with E-state index in [0.717, 1.165) is 42.0 Å². The van der Waals surface area contributed by atoms with E-state index in [0.29, 0.717) is 17.7 Å². The third-order valence-corrected chi connectivity index (χ3v) is 4.62.